The van der Waals surface area contributed by atoms with Crippen molar-refractivity contribution in [3.8, 4) is 0 Å². The van der Waals surface area contributed by atoms with Crippen LogP contribution in [0.5, 0.6) is 0 Å². The van der Waals surface area contributed by atoms with Gasteiger partial charge in [0.2, 0.25) is 0 Å². The molecule has 0 saturated carbocycles. The van der Waals surface area contributed by atoms with Gasteiger partial charge >= 0.3 is 116 Å². The quantitative estimate of drug-likeness (QED) is 0.846. The summed E-state index contributed by atoms with van der Waals surface area (Å²) in [7, 11) is 0. The third-order valence-electron chi connectivity index (χ3n) is 3.49. The van der Waals surface area contributed by atoms with Crippen molar-refractivity contribution in [3.63, 3.8) is 0 Å². The van der Waals surface area contributed by atoms with Crippen LogP contribution in [0.25, 0.3) is 0 Å². The summed E-state index contributed by atoms with van der Waals surface area (Å²) in [6, 6.07) is 8.36. The fraction of sp³-hybridized carbons (Fsp3) is 0.600. The number of benzene rings is 1. The number of hydrogen-bond donors (Lipinski definition) is 1. The van der Waals surface area contributed by atoms with E-state index in [2.05, 4.69) is 25.1 Å². The third kappa shape index (κ3) is 3.15. The van der Waals surface area contributed by atoms with Crippen LogP contribution >= 0.6 is 0 Å². The molecule has 1 aliphatic heterocycles. The summed E-state index contributed by atoms with van der Waals surface area (Å²) < 4.78 is 7.12. The number of aliphatic hydroxyl groups excluding tert-OH is 1. The van der Waals surface area contributed by atoms with Crippen molar-refractivity contribution in [1.29, 1.82) is 0 Å². The van der Waals surface area contributed by atoms with Crippen molar-refractivity contribution >= 4 is 19.4 Å². The molecule has 18 heavy (non-hydrogen) atoms. The molecular formula is C15H22O2Se. The summed E-state index contributed by atoms with van der Waals surface area (Å²) in [5, 5.41) is 10.1. The summed E-state index contributed by atoms with van der Waals surface area (Å²) in [6.07, 6.45) is 3.17. The average molecular weight is 313 g/mol. The van der Waals surface area contributed by atoms with Gasteiger partial charge in [-0.15, -0.1) is 0 Å². The average Bonchev–Trinajstić information content (AvgIpc) is 2.86. The van der Waals surface area contributed by atoms with Gasteiger partial charge < -0.3 is 0 Å². The molecule has 1 fully saturated rings. The molecule has 0 spiro atoms. The molecule has 2 nitrogen and oxygen atoms in total. The molecule has 1 aliphatic rings. The molecule has 1 heterocycles. The first-order valence-electron chi connectivity index (χ1n) is 6.81. The van der Waals surface area contributed by atoms with Crippen LogP contribution in [-0.2, 0) is 4.74 Å². The van der Waals surface area contributed by atoms with Crippen molar-refractivity contribution in [2.45, 2.75) is 50.1 Å². The van der Waals surface area contributed by atoms with Crippen LogP contribution in [0.15, 0.2) is 24.3 Å². The Bertz CT molecular complexity index is 381. The summed E-state index contributed by atoms with van der Waals surface area (Å²) >= 11 is 0.407. The van der Waals surface area contributed by atoms with E-state index in [0.717, 1.165) is 25.0 Å². The topological polar surface area (TPSA) is 29.5 Å². The van der Waals surface area contributed by atoms with Crippen LogP contribution in [0.1, 0.15) is 44.8 Å². The van der Waals surface area contributed by atoms with Gasteiger partial charge in [-0.3, -0.25) is 0 Å². The molecule has 1 aromatic carbocycles. The first-order chi connectivity index (χ1) is 8.76. The van der Waals surface area contributed by atoms with Crippen molar-refractivity contribution in [2.75, 3.05) is 6.61 Å². The van der Waals surface area contributed by atoms with Gasteiger partial charge in [-0.2, -0.15) is 0 Å². The normalized spacial score (nSPS) is 25.3. The van der Waals surface area contributed by atoms with Crippen LogP contribution in [0.2, 0.25) is 4.82 Å². The molecular weight excluding hydrogens is 291 g/mol. The van der Waals surface area contributed by atoms with E-state index in [-0.39, 0.29) is 6.10 Å². The van der Waals surface area contributed by atoms with Gasteiger partial charge in [0.05, 0.1) is 0 Å². The van der Waals surface area contributed by atoms with Crippen molar-refractivity contribution in [1.82, 2.24) is 0 Å². The molecule has 1 saturated heterocycles. The number of hydrogen-bond acceptors (Lipinski definition) is 2. The van der Waals surface area contributed by atoms with Crippen molar-refractivity contribution in [3.05, 3.63) is 29.8 Å². The SMILES string of the molecule is CC[C@@H]1OCC[C@@H]1[Se]c1ccccc1[C@@H](O)CC. The predicted molar refractivity (Wildman–Crippen MR) is 75.5 cm³/mol. The van der Waals surface area contributed by atoms with Crippen LogP contribution in [-0.4, -0.2) is 32.8 Å². The summed E-state index contributed by atoms with van der Waals surface area (Å²) in [5.74, 6) is 0. The standard InChI is InChI=1S/C15H22O2Se/c1-3-12(16)11-7-5-6-8-14(11)18-15-9-10-17-13(15)4-2/h5-8,12-13,15-16H,3-4,9-10H2,1-2H3/t12-,13-,15-/m0/s1. The van der Waals surface area contributed by atoms with E-state index in [1.807, 2.05) is 13.0 Å². The van der Waals surface area contributed by atoms with E-state index in [9.17, 15) is 5.11 Å². The predicted octanol–water partition coefficient (Wildman–Crippen LogP) is 2.45. The summed E-state index contributed by atoms with van der Waals surface area (Å²) in [5.41, 5.74) is 1.13. The molecule has 3 atom stereocenters. The monoisotopic (exact) mass is 314 g/mol. The van der Waals surface area contributed by atoms with Crippen molar-refractivity contribution in [2.24, 2.45) is 0 Å². The van der Waals surface area contributed by atoms with Gasteiger partial charge in [-0.05, 0) is 0 Å². The molecule has 100 valence electrons. The van der Waals surface area contributed by atoms with Gasteiger partial charge in [0.25, 0.3) is 0 Å². The van der Waals surface area contributed by atoms with E-state index < -0.39 is 0 Å². The minimum atomic E-state index is -0.314. The maximum absolute atomic E-state index is 10.1. The molecule has 1 N–H and O–H groups in total. The molecule has 0 unspecified atom stereocenters. The second-order valence-corrected chi connectivity index (χ2v) is 7.41. The Hall–Kier alpha value is -0.341. The molecule has 0 radical (unpaired) electrons. The Labute approximate surface area is 116 Å². The molecule has 3 heteroatoms. The number of aliphatic hydroxyl groups is 1. The van der Waals surface area contributed by atoms with Crippen LogP contribution in [0.3, 0.4) is 0 Å². The van der Waals surface area contributed by atoms with Gasteiger partial charge in [-0.1, -0.05) is 0 Å². The fourth-order valence-electron chi connectivity index (χ4n) is 2.39. The molecule has 0 amide bonds. The Balaban J connectivity index is 2.13. The third-order valence-corrected chi connectivity index (χ3v) is 6.57. The molecule has 2 rings (SSSR count). The van der Waals surface area contributed by atoms with Gasteiger partial charge in [0.15, 0.2) is 0 Å². The maximum atomic E-state index is 10.1. The Morgan fingerprint density at radius 1 is 1.39 bits per heavy atom. The van der Waals surface area contributed by atoms with Gasteiger partial charge in [0.1, 0.15) is 0 Å². The van der Waals surface area contributed by atoms with E-state index in [0.29, 0.717) is 25.9 Å². The first kappa shape index (κ1) is 14.1. The van der Waals surface area contributed by atoms with Crippen molar-refractivity contribution < 1.29 is 9.84 Å². The number of ether oxygens (including phenoxy) is 1. The van der Waals surface area contributed by atoms with E-state index >= 15 is 0 Å². The van der Waals surface area contributed by atoms with E-state index in [1.54, 1.807) is 0 Å². The summed E-state index contributed by atoms with van der Waals surface area (Å²) in [4.78, 5) is 0.674. The second-order valence-electron chi connectivity index (χ2n) is 4.72. The van der Waals surface area contributed by atoms with E-state index in [1.165, 1.54) is 10.9 Å². The Morgan fingerprint density at radius 2 is 2.17 bits per heavy atom. The summed E-state index contributed by atoms with van der Waals surface area (Å²) in [6.45, 7) is 5.14. The number of rotatable bonds is 5. The fourth-order valence-corrected chi connectivity index (χ4v) is 5.45. The zero-order chi connectivity index (χ0) is 13.0. The molecule has 1 aromatic rings. The Kier molecular flexibility index (Phi) is 5.25. The van der Waals surface area contributed by atoms with Gasteiger partial charge in [0, 0.05) is 0 Å². The molecule has 0 aliphatic carbocycles. The van der Waals surface area contributed by atoms with E-state index in [4.69, 9.17) is 4.74 Å². The zero-order valence-electron chi connectivity index (χ0n) is 11.1. The van der Waals surface area contributed by atoms with Gasteiger partial charge in [-0.25, -0.2) is 0 Å². The molecule has 0 aromatic heterocycles. The molecule has 0 bridgehead atoms. The minimum absolute atomic E-state index is 0.314. The first-order valence-corrected chi connectivity index (χ1v) is 8.66. The van der Waals surface area contributed by atoms with Crippen LogP contribution in [0.4, 0.5) is 0 Å². The second kappa shape index (κ2) is 6.72. The zero-order valence-corrected chi connectivity index (χ0v) is 12.8. The van der Waals surface area contributed by atoms with Crippen LogP contribution in [0, 0.1) is 0 Å². The Morgan fingerprint density at radius 3 is 2.89 bits per heavy atom. The van der Waals surface area contributed by atoms with Crippen LogP contribution < -0.4 is 4.46 Å².